The van der Waals surface area contributed by atoms with E-state index in [0.717, 1.165) is 22.8 Å². The Labute approximate surface area is 112 Å². The summed E-state index contributed by atoms with van der Waals surface area (Å²) in [5.74, 6) is 0.602. The van der Waals surface area contributed by atoms with Gasteiger partial charge in [0.05, 0.1) is 23.7 Å². The number of anilines is 1. The monoisotopic (exact) mass is 259 g/mol. The third kappa shape index (κ3) is 2.93. The number of rotatable bonds is 4. The molecule has 19 heavy (non-hydrogen) atoms. The molecule has 1 heterocycles. The lowest BCUT2D eigenvalue weighted by molar-refractivity contribution is 0.102. The number of aryl methyl sites for hydroxylation is 2. The van der Waals surface area contributed by atoms with E-state index in [1.807, 2.05) is 20.8 Å². The summed E-state index contributed by atoms with van der Waals surface area (Å²) in [6.07, 6.45) is 0. The molecule has 0 aliphatic carbocycles. The van der Waals surface area contributed by atoms with Crippen LogP contribution in [0.2, 0.25) is 0 Å². The van der Waals surface area contributed by atoms with Crippen molar-refractivity contribution in [2.24, 2.45) is 0 Å². The Bertz CT molecular complexity index is 553. The molecule has 5 heteroatoms. The van der Waals surface area contributed by atoms with Crippen LogP contribution in [0.1, 0.15) is 28.7 Å². The highest BCUT2D eigenvalue weighted by molar-refractivity contribution is 6.04. The first kappa shape index (κ1) is 13.1. The van der Waals surface area contributed by atoms with Crippen LogP contribution in [-0.4, -0.2) is 22.7 Å². The molecule has 2 N–H and O–H groups in total. The van der Waals surface area contributed by atoms with Gasteiger partial charge >= 0.3 is 0 Å². The maximum Gasteiger partial charge on any atom is 0.255 e. The van der Waals surface area contributed by atoms with Crippen LogP contribution in [-0.2, 0) is 0 Å². The second-order valence-electron chi connectivity index (χ2n) is 4.22. The number of nitrogens with one attached hydrogen (secondary N) is 2. The van der Waals surface area contributed by atoms with E-state index in [-0.39, 0.29) is 5.91 Å². The number of H-pyrrole nitrogens is 1. The Kier molecular flexibility index (Phi) is 3.85. The maximum atomic E-state index is 12.1. The van der Waals surface area contributed by atoms with Crippen LogP contribution in [0.25, 0.3) is 0 Å². The molecular formula is C14H17N3O2. The minimum atomic E-state index is -0.157. The van der Waals surface area contributed by atoms with Gasteiger partial charge in [0, 0.05) is 5.56 Å². The fraction of sp³-hybridized carbons (Fsp3) is 0.286. The number of ether oxygens (including phenoxy) is 1. The van der Waals surface area contributed by atoms with E-state index in [1.165, 1.54) is 0 Å². The van der Waals surface area contributed by atoms with Crippen molar-refractivity contribution in [3.63, 3.8) is 0 Å². The zero-order valence-electron chi connectivity index (χ0n) is 11.3. The highest BCUT2D eigenvalue weighted by Crippen LogP contribution is 2.18. The number of benzene rings is 1. The van der Waals surface area contributed by atoms with Crippen LogP contribution in [0.3, 0.4) is 0 Å². The minimum absolute atomic E-state index is 0.157. The number of hydrogen-bond acceptors (Lipinski definition) is 3. The molecule has 0 aliphatic heterocycles. The summed E-state index contributed by atoms with van der Waals surface area (Å²) >= 11 is 0. The summed E-state index contributed by atoms with van der Waals surface area (Å²) in [5, 5.41) is 9.73. The SMILES string of the molecule is CCOc1ccc(C(=O)Nc2c(C)n[nH]c2C)cc1. The number of carbonyl (C=O) groups is 1. The van der Waals surface area contributed by atoms with E-state index < -0.39 is 0 Å². The molecular weight excluding hydrogens is 242 g/mol. The maximum absolute atomic E-state index is 12.1. The highest BCUT2D eigenvalue weighted by Gasteiger charge is 2.11. The molecule has 100 valence electrons. The molecule has 1 aromatic carbocycles. The lowest BCUT2D eigenvalue weighted by atomic mass is 10.2. The van der Waals surface area contributed by atoms with E-state index >= 15 is 0 Å². The van der Waals surface area contributed by atoms with Gasteiger partial charge in [0.2, 0.25) is 0 Å². The van der Waals surface area contributed by atoms with Gasteiger partial charge in [-0.1, -0.05) is 0 Å². The van der Waals surface area contributed by atoms with Gasteiger partial charge < -0.3 is 10.1 Å². The predicted octanol–water partition coefficient (Wildman–Crippen LogP) is 2.68. The molecule has 1 amide bonds. The lowest BCUT2D eigenvalue weighted by Gasteiger charge is -2.06. The molecule has 0 spiro atoms. The van der Waals surface area contributed by atoms with Gasteiger partial charge in [-0.3, -0.25) is 9.89 Å². The third-order valence-electron chi connectivity index (χ3n) is 2.79. The van der Waals surface area contributed by atoms with Gasteiger partial charge in [0.1, 0.15) is 5.75 Å². The molecule has 2 rings (SSSR count). The second kappa shape index (κ2) is 5.56. The average molecular weight is 259 g/mol. The van der Waals surface area contributed by atoms with Crippen LogP contribution < -0.4 is 10.1 Å². The molecule has 0 saturated heterocycles. The highest BCUT2D eigenvalue weighted by atomic mass is 16.5. The van der Waals surface area contributed by atoms with Crippen molar-refractivity contribution >= 4 is 11.6 Å². The normalized spacial score (nSPS) is 10.3. The van der Waals surface area contributed by atoms with Crippen molar-refractivity contribution in [1.82, 2.24) is 10.2 Å². The molecule has 2 aromatic rings. The zero-order valence-corrected chi connectivity index (χ0v) is 11.3. The fourth-order valence-corrected chi connectivity index (χ4v) is 1.79. The van der Waals surface area contributed by atoms with E-state index in [1.54, 1.807) is 24.3 Å². The molecule has 0 aliphatic rings. The molecule has 0 bridgehead atoms. The van der Waals surface area contributed by atoms with Gasteiger partial charge in [0.15, 0.2) is 0 Å². The molecule has 0 fully saturated rings. The number of amides is 1. The fourth-order valence-electron chi connectivity index (χ4n) is 1.79. The van der Waals surface area contributed by atoms with Crippen LogP contribution in [0.5, 0.6) is 5.75 Å². The van der Waals surface area contributed by atoms with Gasteiger partial charge in [-0.05, 0) is 45.0 Å². The average Bonchev–Trinajstić information content (AvgIpc) is 2.72. The smallest absolute Gasteiger partial charge is 0.255 e. The Morgan fingerprint density at radius 3 is 2.53 bits per heavy atom. The lowest BCUT2D eigenvalue weighted by Crippen LogP contribution is -2.12. The summed E-state index contributed by atoms with van der Waals surface area (Å²) in [4.78, 5) is 12.1. The summed E-state index contributed by atoms with van der Waals surface area (Å²) < 4.78 is 5.34. The van der Waals surface area contributed by atoms with Crippen molar-refractivity contribution in [2.75, 3.05) is 11.9 Å². The van der Waals surface area contributed by atoms with Crippen molar-refractivity contribution in [3.8, 4) is 5.75 Å². The first-order valence-electron chi connectivity index (χ1n) is 6.17. The Balaban J connectivity index is 2.12. The summed E-state index contributed by atoms with van der Waals surface area (Å²) in [6.45, 7) is 6.25. The quantitative estimate of drug-likeness (QED) is 0.887. The number of hydrogen-bond donors (Lipinski definition) is 2. The van der Waals surface area contributed by atoms with Gasteiger partial charge in [0.25, 0.3) is 5.91 Å². The van der Waals surface area contributed by atoms with E-state index in [2.05, 4.69) is 15.5 Å². The van der Waals surface area contributed by atoms with E-state index in [0.29, 0.717) is 12.2 Å². The summed E-state index contributed by atoms with van der Waals surface area (Å²) in [5.41, 5.74) is 2.94. The van der Waals surface area contributed by atoms with E-state index in [4.69, 9.17) is 4.74 Å². The van der Waals surface area contributed by atoms with Gasteiger partial charge in [-0.25, -0.2) is 0 Å². The van der Waals surface area contributed by atoms with Crippen LogP contribution in [0, 0.1) is 13.8 Å². The number of aromatic amines is 1. The Hall–Kier alpha value is -2.30. The summed E-state index contributed by atoms with van der Waals surface area (Å²) in [6, 6.07) is 7.05. The largest absolute Gasteiger partial charge is 0.494 e. The second-order valence-corrected chi connectivity index (χ2v) is 4.22. The minimum Gasteiger partial charge on any atom is -0.494 e. The predicted molar refractivity (Wildman–Crippen MR) is 73.6 cm³/mol. The third-order valence-corrected chi connectivity index (χ3v) is 2.79. The van der Waals surface area contributed by atoms with Crippen LogP contribution in [0.4, 0.5) is 5.69 Å². The zero-order chi connectivity index (χ0) is 13.8. The molecule has 1 aromatic heterocycles. The van der Waals surface area contributed by atoms with Crippen molar-refractivity contribution in [2.45, 2.75) is 20.8 Å². The standard InChI is InChI=1S/C14H17N3O2/c1-4-19-12-7-5-11(6-8-12)14(18)15-13-9(2)16-17-10(13)3/h5-8H,4H2,1-3H3,(H,15,18)(H,16,17). The topological polar surface area (TPSA) is 67.0 Å². The van der Waals surface area contributed by atoms with Crippen LogP contribution in [0.15, 0.2) is 24.3 Å². The van der Waals surface area contributed by atoms with Crippen molar-refractivity contribution < 1.29 is 9.53 Å². The van der Waals surface area contributed by atoms with Gasteiger partial charge in [-0.2, -0.15) is 5.10 Å². The number of nitrogens with zero attached hydrogens (tertiary/aromatic N) is 1. The summed E-state index contributed by atoms with van der Waals surface area (Å²) in [7, 11) is 0. The molecule has 0 unspecified atom stereocenters. The first-order chi connectivity index (χ1) is 9.11. The Morgan fingerprint density at radius 1 is 1.32 bits per heavy atom. The van der Waals surface area contributed by atoms with Crippen molar-refractivity contribution in [1.29, 1.82) is 0 Å². The number of carbonyl (C=O) groups excluding carboxylic acids is 1. The number of aromatic nitrogens is 2. The first-order valence-corrected chi connectivity index (χ1v) is 6.17. The molecule has 0 atom stereocenters. The molecule has 5 nitrogen and oxygen atoms in total. The van der Waals surface area contributed by atoms with E-state index in [9.17, 15) is 4.79 Å². The molecule has 0 radical (unpaired) electrons. The van der Waals surface area contributed by atoms with Crippen molar-refractivity contribution in [3.05, 3.63) is 41.2 Å². The van der Waals surface area contributed by atoms with Crippen LogP contribution >= 0.6 is 0 Å². The van der Waals surface area contributed by atoms with Gasteiger partial charge in [-0.15, -0.1) is 0 Å². The molecule has 0 saturated carbocycles. The Morgan fingerprint density at radius 2 is 2.00 bits per heavy atom.